The Morgan fingerprint density at radius 3 is 2.22 bits per heavy atom. The summed E-state index contributed by atoms with van der Waals surface area (Å²) in [4.78, 5) is 23.0. The summed E-state index contributed by atoms with van der Waals surface area (Å²) in [6.07, 6.45) is 1.05. The van der Waals surface area contributed by atoms with E-state index in [2.05, 4.69) is 53.6 Å². The predicted octanol–water partition coefficient (Wildman–Crippen LogP) is 3.28. The minimum absolute atomic E-state index is 0.0534. The summed E-state index contributed by atoms with van der Waals surface area (Å²) in [5.74, 6) is 0.619. The average Bonchev–Trinajstić information content (AvgIpc) is 3.06. The van der Waals surface area contributed by atoms with E-state index < -0.39 is 5.91 Å². The molecule has 146 valence electrons. The molecule has 1 atom stereocenters. The number of hydrogen-bond acceptors (Lipinski definition) is 7. The molecule has 9 heteroatoms. The molecule has 27 heavy (non-hydrogen) atoms. The summed E-state index contributed by atoms with van der Waals surface area (Å²) in [5.41, 5.74) is 7.50. The van der Waals surface area contributed by atoms with Gasteiger partial charge in [-0.15, -0.1) is 10.2 Å². The van der Waals surface area contributed by atoms with E-state index in [1.165, 1.54) is 40.4 Å². The minimum Gasteiger partial charge on any atom is -0.369 e. The first-order valence-corrected chi connectivity index (χ1v) is 11.4. The van der Waals surface area contributed by atoms with Gasteiger partial charge in [0, 0.05) is 0 Å². The first kappa shape index (κ1) is 21.7. The van der Waals surface area contributed by atoms with Gasteiger partial charge < -0.3 is 11.1 Å². The second-order valence-electron chi connectivity index (χ2n) is 6.51. The zero-order valence-corrected chi connectivity index (χ0v) is 18.0. The molecular weight excluding hydrogens is 400 g/mol. The fraction of sp³-hybridized carbons (Fsp3) is 0.444. The predicted molar refractivity (Wildman–Crippen MR) is 112 cm³/mol. The Balaban J connectivity index is 1.78. The molecule has 0 fully saturated rings. The lowest BCUT2D eigenvalue weighted by atomic mass is 10.00. The lowest BCUT2D eigenvalue weighted by Gasteiger charge is -2.15. The second kappa shape index (κ2) is 10.7. The third-order valence-electron chi connectivity index (χ3n) is 3.55. The van der Waals surface area contributed by atoms with Crippen molar-refractivity contribution in [3.05, 3.63) is 35.4 Å². The fourth-order valence-corrected chi connectivity index (χ4v) is 4.92. The molecule has 2 rings (SSSR count). The number of thioether (sulfide) groups is 2. The van der Waals surface area contributed by atoms with Crippen LogP contribution in [-0.4, -0.2) is 33.5 Å². The van der Waals surface area contributed by atoms with Gasteiger partial charge in [-0.2, -0.15) is 0 Å². The molecule has 0 saturated heterocycles. The van der Waals surface area contributed by atoms with Crippen molar-refractivity contribution in [1.82, 2.24) is 15.5 Å². The number of carbonyl (C=O) groups excluding carboxylic acids is 2. The number of aromatic nitrogens is 2. The van der Waals surface area contributed by atoms with Crippen LogP contribution in [-0.2, 0) is 16.0 Å². The molecular formula is C18H24N4O2S3. The zero-order valence-electron chi connectivity index (χ0n) is 15.6. The Morgan fingerprint density at radius 2 is 1.67 bits per heavy atom. The second-order valence-corrected chi connectivity index (χ2v) is 9.93. The molecule has 0 aliphatic rings. The van der Waals surface area contributed by atoms with Gasteiger partial charge in [-0.05, 0) is 30.4 Å². The van der Waals surface area contributed by atoms with Crippen LogP contribution in [0.15, 0.2) is 32.9 Å². The van der Waals surface area contributed by atoms with E-state index in [0.717, 1.165) is 12.0 Å². The highest BCUT2D eigenvalue weighted by atomic mass is 32.2. The van der Waals surface area contributed by atoms with Gasteiger partial charge in [-0.1, -0.05) is 73.0 Å². The number of carbonyl (C=O) groups is 2. The van der Waals surface area contributed by atoms with Crippen molar-refractivity contribution in [3.8, 4) is 0 Å². The van der Waals surface area contributed by atoms with E-state index in [1.54, 1.807) is 0 Å². The third-order valence-corrected chi connectivity index (χ3v) is 6.77. The molecule has 1 heterocycles. The molecule has 0 aliphatic carbocycles. The number of primary amides is 1. The molecule has 6 nitrogen and oxygen atoms in total. The number of amides is 2. The van der Waals surface area contributed by atoms with Crippen molar-refractivity contribution in [2.75, 3.05) is 11.5 Å². The highest BCUT2D eigenvalue weighted by Crippen LogP contribution is 2.28. The van der Waals surface area contributed by atoms with Crippen LogP contribution in [0, 0.1) is 5.92 Å². The summed E-state index contributed by atoms with van der Waals surface area (Å²) >= 11 is 3.94. The maximum atomic E-state index is 12.2. The molecule has 3 N–H and O–H groups in total. The average molecular weight is 425 g/mol. The lowest BCUT2D eigenvalue weighted by Crippen LogP contribution is -2.28. The van der Waals surface area contributed by atoms with E-state index in [0.29, 0.717) is 14.6 Å². The van der Waals surface area contributed by atoms with Crippen LogP contribution in [0.1, 0.15) is 37.9 Å². The highest BCUT2D eigenvalue weighted by Gasteiger charge is 2.12. The van der Waals surface area contributed by atoms with Gasteiger partial charge in [0.25, 0.3) is 0 Å². The van der Waals surface area contributed by atoms with Crippen molar-refractivity contribution in [3.63, 3.8) is 0 Å². The summed E-state index contributed by atoms with van der Waals surface area (Å²) in [7, 11) is 0. The van der Waals surface area contributed by atoms with Crippen LogP contribution in [0.5, 0.6) is 0 Å². The van der Waals surface area contributed by atoms with E-state index in [4.69, 9.17) is 5.73 Å². The maximum absolute atomic E-state index is 12.2. The van der Waals surface area contributed by atoms with Crippen molar-refractivity contribution in [1.29, 1.82) is 0 Å². The largest absolute Gasteiger partial charge is 0.369 e. The fourth-order valence-electron chi connectivity index (χ4n) is 2.35. The quantitative estimate of drug-likeness (QED) is 0.568. The van der Waals surface area contributed by atoms with E-state index in [1.807, 2.05) is 6.92 Å². The van der Waals surface area contributed by atoms with Crippen LogP contribution in [0.3, 0.4) is 0 Å². The van der Waals surface area contributed by atoms with Gasteiger partial charge in [0.2, 0.25) is 11.8 Å². The molecule has 0 bridgehead atoms. The SMILES string of the molecule is CC(C)Cc1ccc(C(C)NC(=O)CSc2nnc(SCC(N)=O)s2)cc1. The smallest absolute Gasteiger partial charge is 0.230 e. The number of nitrogens with zero attached hydrogens (tertiary/aromatic N) is 2. The van der Waals surface area contributed by atoms with E-state index in [9.17, 15) is 9.59 Å². The Labute approximate surface area is 172 Å². The topological polar surface area (TPSA) is 98.0 Å². The van der Waals surface area contributed by atoms with Gasteiger partial charge >= 0.3 is 0 Å². The third kappa shape index (κ3) is 7.90. The Bertz CT molecular complexity index is 762. The molecule has 0 saturated carbocycles. The first-order valence-electron chi connectivity index (χ1n) is 8.59. The zero-order chi connectivity index (χ0) is 19.8. The lowest BCUT2D eigenvalue weighted by molar-refractivity contribution is -0.119. The number of rotatable bonds is 10. The van der Waals surface area contributed by atoms with E-state index in [-0.39, 0.29) is 23.5 Å². The number of nitrogens with two attached hydrogens (primary N) is 1. The Kier molecular flexibility index (Phi) is 8.59. The van der Waals surface area contributed by atoms with Gasteiger partial charge in [-0.25, -0.2) is 0 Å². The molecule has 0 radical (unpaired) electrons. The molecule has 1 aromatic carbocycles. The molecule has 2 amide bonds. The molecule has 2 aromatic rings. The standard InChI is InChI=1S/C18H24N4O2S3/c1-11(2)8-13-4-6-14(7-5-13)12(3)20-16(24)10-26-18-22-21-17(27-18)25-9-15(19)23/h4-7,11-12H,8-10H2,1-3H3,(H2,19,23)(H,20,24). The number of hydrogen-bond donors (Lipinski definition) is 2. The Hall–Kier alpha value is -1.58. The molecule has 1 unspecified atom stereocenters. The van der Waals surface area contributed by atoms with Crippen LogP contribution in [0.2, 0.25) is 0 Å². The van der Waals surface area contributed by atoms with Gasteiger partial charge in [-0.3, -0.25) is 9.59 Å². The highest BCUT2D eigenvalue weighted by molar-refractivity contribution is 8.03. The summed E-state index contributed by atoms with van der Waals surface area (Å²) in [5, 5.41) is 11.0. The van der Waals surface area contributed by atoms with Crippen LogP contribution >= 0.6 is 34.9 Å². The normalized spacial score (nSPS) is 12.1. The summed E-state index contributed by atoms with van der Waals surface area (Å²) in [6, 6.07) is 8.34. The Morgan fingerprint density at radius 1 is 1.07 bits per heavy atom. The van der Waals surface area contributed by atoms with Gasteiger partial charge in [0.05, 0.1) is 17.5 Å². The van der Waals surface area contributed by atoms with Gasteiger partial charge in [0.1, 0.15) is 0 Å². The summed E-state index contributed by atoms with van der Waals surface area (Å²) < 4.78 is 1.37. The van der Waals surface area contributed by atoms with Crippen LogP contribution in [0.25, 0.3) is 0 Å². The molecule has 0 spiro atoms. The van der Waals surface area contributed by atoms with E-state index >= 15 is 0 Å². The van der Waals surface area contributed by atoms with Crippen molar-refractivity contribution < 1.29 is 9.59 Å². The number of nitrogens with one attached hydrogen (secondary N) is 1. The minimum atomic E-state index is -0.394. The van der Waals surface area contributed by atoms with Crippen molar-refractivity contribution in [2.45, 2.75) is 41.9 Å². The molecule has 1 aromatic heterocycles. The number of benzene rings is 1. The van der Waals surface area contributed by atoms with Crippen LogP contribution in [0.4, 0.5) is 0 Å². The van der Waals surface area contributed by atoms with Crippen LogP contribution < -0.4 is 11.1 Å². The van der Waals surface area contributed by atoms with Gasteiger partial charge in [0.15, 0.2) is 8.68 Å². The molecule has 0 aliphatic heterocycles. The van der Waals surface area contributed by atoms with Crippen molar-refractivity contribution in [2.24, 2.45) is 11.7 Å². The van der Waals surface area contributed by atoms with Crippen molar-refractivity contribution >= 4 is 46.7 Å². The summed E-state index contributed by atoms with van der Waals surface area (Å²) in [6.45, 7) is 6.38. The first-order chi connectivity index (χ1) is 12.8. The monoisotopic (exact) mass is 424 g/mol. The maximum Gasteiger partial charge on any atom is 0.230 e.